The van der Waals surface area contributed by atoms with Crippen molar-refractivity contribution in [1.82, 2.24) is 10.4 Å². The van der Waals surface area contributed by atoms with Gasteiger partial charge in [-0.15, -0.1) is 0 Å². The summed E-state index contributed by atoms with van der Waals surface area (Å²) >= 11 is 5.80. The summed E-state index contributed by atoms with van der Waals surface area (Å²) in [5.74, 6) is -2.82. The maximum atomic E-state index is 12.3. The summed E-state index contributed by atoms with van der Waals surface area (Å²) in [7, 11) is 0. The van der Waals surface area contributed by atoms with E-state index in [0.717, 1.165) is 17.0 Å². The van der Waals surface area contributed by atoms with Gasteiger partial charge in [0.2, 0.25) is 5.91 Å². The van der Waals surface area contributed by atoms with E-state index in [0.29, 0.717) is 16.3 Å². The monoisotopic (exact) mass is 443 g/mol. The van der Waals surface area contributed by atoms with Crippen molar-refractivity contribution in [2.24, 2.45) is 5.92 Å². The van der Waals surface area contributed by atoms with Gasteiger partial charge in [0.15, 0.2) is 6.61 Å². The summed E-state index contributed by atoms with van der Waals surface area (Å²) in [5.41, 5.74) is 4.54. The molecule has 3 amide bonds. The molecule has 1 aliphatic heterocycles. The maximum absolute atomic E-state index is 12.3. The molecule has 1 atom stereocenters. The van der Waals surface area contributed by atoms with Crippen molar-refractivity contribution in [2.45, 2.75) is 19.8 Å². The van der Waals surface area contributed by atoms with Crippen molar-refractivity contribution >= 4 is 41.0 Å². The molecule has 0 saturated carbocycles. The van der Waals surface area contributed by atoms with E-state index >= 15 is 0 Å². The number of amides is 3. The van der Waals surface area contributed by atoms with Crippen LogP contribution in [-0.4, -0.2) is 41.9 Å². The summed E-state index contributed by atoms with van der Waals surface area (Å²) < 4.78 is 5.05. The second-order valence-corrected chi connectivity index (χ2v) is 7.50. The van der Waals surface area contributed by atoms with Crippen molar-refractivity contribution in [3.8, 4) is 0 Å². The minimum atomic E-state index is -0.769. The van der Waals surface area contributed by atoms with E-state index in [1.807, 2.05) is 19.1 Å². The fourth-order valence-electron chi connectivity index (χ4n) is 3.04. The van der Waals surface area contributed by atoms with Gasteiger partial charge in [-0.2, -0.15) is 0 Å². The molecule has 1 heterocycles. The van der Waals surface area contributed by atoms with Gasteiger partial charge in [0, 0.05) is 22.7 Å². The Morgan fingerprint density at radius 3 is 2.42 bits per heavy atom. The fraction of sp³-hybridized carbons (Fsp3) is 0.273. The number of ether oxygens (including phenoxy) is 1. The normalized spacial score (nSPS) is 15.5. The lowest BCUT2D eigenvalue weighted by Gasteiger charge is -2.17. The Balaban J connectivity index is 1.46. The Morgan fingerprint density at radius 2 is 1.77 bits per heavy atom. The van der Waals surface area contributed by atoms with E-state index in [4.69, 9.17) is 16.3 Å². The van der Waals surface area contributed by atoms with E-state index in [1.165, 1.54) is 12.1 Å². The van der Waals surface area contributed by atoms with Crippen LogP contribution in [-0.2, 0) is 25.5 Å². The zero-order valence-corrected chi connectivity index (χ0v) is 17.6. The predicted octanol–water partition coefficient (Wildman–Crippen LogP) is 2.58. The molecule has 1 saturated heterocycles. The minimum Gasteiger partial charge on any atom is -0.455 e. The Labute approximate surface area is 184 Å². The van der Waals surface area contributed by atoms with Crippen LogP contribution in [0, 0.1) is 5.92 Å². The van der Waals surface area contributed by atoms with Gasteiger partial charge >= 0.3 is 5.97 Å². The second kappa shape index (κ2) is 10.1. The standard InChI is InChI=1S/C22H22ClN3O5/c1-2-14-3-9-18(10-4-14)24-19(27)13-31-22(30)16-11-20(28)26(12-16)25-21(29)15-5-7-17(23)8-6-15/h3-10,16H,2,11-13H2,1H3,(H,24,27)(H,25,29)/t16-/m0/s1. The smallest absolute Gasteiger partial charge is 0.311 e. The number of rotatable bonds is 7. The van der Waals surface area contributed by atoms with Crippen LogP contribution in [0.2, 0.25) is 5.02 Å². The van der Waals surface area contributed by atoms with Gasteiger partial charge in [-0.3, -0.25) is 29.6 Å². The van der Waals surface area contributed by atoms with E-state index in [2.05, 4.69) is 10.7 Å². The Kier molecular flexibility index (Phi) is 7.25. The third kappa shape index (κ3) is 6.05. The van der Waals surface area contributed by atoms with Crippen LogP contribution in [0.3, 0.4) is 0 Å². The third-order valence-electron chi connectivity index (χ3n) is 4.79. The number of aryl methyl sites for hydroxylation is 1. The van der Waals surface area contributed by atoms with Crippen LogP contribution < -0.4 is 10.7 Å². The lowest BCUT2D eigenvalue weighted by molar-refractivity contribution is -0.151. The van der Waals surface area contributed by atoms with Gasteiger partial charge in [0.1, 0.15) is 0 Å². The first-order valence-electron chi connectivity index (χ1n) is 9.78. The van der Waals surface area contributed by atoms with Gasteiger partial charge in [-0.25, -0.2) is 0 Å². The third-order valence-corrected chi connectivity index (χ3v) is 5.04. The molecule has 1 aliphatic rings. The number of nitrogens with zero attached hydrogens (tertiary/aromatic N) is 1. The zero-order chi connectivity index (χ0) is 22.4. The zero-order valence-electron chi connectivity index (χ0n) is 16.9. The molecule has 1 fully saturated rings. The summed E-state index contributed by atoms with van der Waals surface area (Å²) in [4.78, 5) is 48.7. The van der Waals surface area contributed by atoms with Crippen molar-refractivity contribution in [3.63, 3.8) is 0 Å². The molecule has 0 radical (unpaired) electrons. The number of nitrogens with one attached hydrogen (secondary N) is 2. The lowest BCUT2D eigenvalue weighted by Crippen LogP contribution is -2.43. The van der Waals surface area contributed by atoms with Crippen molar-refractivity contribution < 1.29 is 23.9 Å². The highest BCUT2D eigenvalue weighted by Gasteiger charge is 2.36. The Hall–Kier alpha value is -3.39. The number of esters is 1. The minimum absolute atomic E-state index is 0.0307. The van der Waals surface area contributed by atoms with E-state index < -0.39 is 36.2 Å². The largest absolute Gasteiger partial charge is 0.455 e. The number of hydrogen-bond acceptors (Lipinski definition) is 5. The first-order chi connectivity index (χ1) is 14.9. The second-order valence-electron chi connectivity index (χ2n) is 7.06. The number of carbonyl (C=O) groups is 4. The number of benzene rings is 2. The van der Waals surface area contributed by atoms with Crippen LogP contribution in [0.15, 0.2) is 48.5 Å². The highest BCUT2D eigenvalue weighted by Crippen LogP contribution is 2.18. The molecule has 0 aliphatic carbocycles. The van der Waals surface area contributed by atoms with Crippen LogP contribution in [0.25, 0.3) is 0 Å². The number of hydrazine groups is 1. The lowest BCUT2D eigenvalue weighted by atomic mass is 10.1. The Bertz CT molecular complexity index is 976. The molecule has 31 heavy (non-hydrogen) atoms. The highest BCUT2D eigenvalue weighted by molar-refractivity contribution is 6.30. The first-order valence-corrected chi connectivity index (χ1v) is 10.2. The number of halogens is 1. The van der Waals surface area contributed by atoms with Gasteiger partial charge in [-0.05, 0) is 48.4 Å². The summed E-state index contributed by atoms with van der Waals surface area (Å²) in [6, 6.07) is 13.5. The van der Waals surface area contributed by atoms with Gasteiger partial charge in [-0.1, -0.05) is 30.7 Å². The molecule has 0 spiro atoms. The molecule has 0 unspecified atom stereocenters. The van der Waals surface area contributed by atoms with E-state index in [-0.39, 0.29) is 13.0 Å². The topological polar surface area (TPSA) is 105 Å². The van der Waals surface area contributed by atoms with Gasteiger partial charge < -0.3 is 10.1 Å². The quantitative estimate of drug-likeness (QED) is 0.640. The maximum Gasteiger partial charge on any atom is 0.311 e. The van der Waals surface area contributed by atoms with E-state index in [9.17, 15) is 19.2 Å². The number of anilines is 1. The molecule has 0 aromatic heterocycles. The molecular formula is C22H22ClN3O5. The van der Waals surface area contributed by atoms with Crippen LogP contribution in [0.5, 0.6) is 0 Å². The van der Waals surface area contributed by atoms with Crippen molar-refractivity contribution in [3.05, 3.63) is 64.7 Å². The summed E-state index contributed by atoms with van der Waals surface area (Å²) in [5, 5.41) is 4.21. The molecule has 9 heteroatoms. The number of hydrogen-bond donors (Lipinski definition) is 2. The molecule has 2 aromatic carbocycles. The molecule has 8 nitrogen and oxygen atoms in total. The van der Waals surface area contributed by atoms with Crippen molar-refractivity contribution in [2.75, 3.05) is 18.5 Å². The summed E-state index contributed by atoms with van der Waals surface area (Å²) in [6.45, 7) is 1.54. The average molecular weight is 444 g/mol. The molecular weight excluding hydrogens is 422 g/mol. The first kappa shape index (κ1) is 22.3. The molecule has 0 bridgehead atoms. The molecule has 2 N–H and O–H groups in total. The molecule has 162 valence electrons. The average Bonchev–Trinajstić information content (AvgIpc) is 3.13. The number of carbonyl (C=O) groups excluding carboxylic acids is 4. The molecule has 3 rings (SSSR count). The van der Waals surface area contributed by atoms with Crippen LogP contribution in [0.1, 0.15) is 29.3 Å². The summed E-state index contributed by atoms with van der Waals surface area (Å²) in [6.07, 6.45) is 0.781. The fourth-order valence-corrected chi connectivity index (χ4v) is 3.16. The van der Waals surface area contributed by atoms with E-state index in [1.54, 1.807) is 24.3 Å². The van der Waals surface area contributed by atoms with Crippen molar-refractivity contribution in [1.29, 1.82) is 0 Å². The molecule has 2 aromatic rings. The van der Waals surface area contributed by atoms with Crippen LogP contribution in [0.4, 0.5) is 5.69 Å². The Morgan fingerprint density at radius 1 is 1.10 bits per heavy atom. The van der Waals surface area contributed by atoms with Gasteiger partial charge in [0.05, 0.1) is 12.5 Å². The SMILES string of the molecule is CCc1ccc(NC(=O)COC(=O)[C@H]2CC(=O)N(NC(=O)c3ccc(Cl)cc3)C2)cc1. The predicted molar refractivity (Wildman–Crippen MR) is 114 cm³/mol. The highest BCUT2D eigenvalue weighted by atomic mass is 35.5. The van der Waals surface area contributed by atoms with Gasteiger partial charge in [0.25, 0.3) is 11.8 Å². The van der Waals surface area contributed by atoms with Crippen LogP contribution >= 0.6 is 11.6 Å².